The average Bonchev–Trinajstić information content (AvgIpc) is 3.12. The van der Waals surface area contributed by atoms with Crippen molar-refractivity contribution >= 4 is 28.8 Å². The summed E-state index contributed by atoms with van der Waals surface area (Å²) in [7, 11) is 1.69. The van der Waals surface area contributed by atoms with Crippen LogP contribution < -0.4 is 10.1 Å². The Morgan fingerprint density at radius 1 is 1.09 bits per heavy atom. The van der Waals surface area contributed by atoms with Crippen LogP contribution in [-0.4, -0.2) is 30.1 Å². The predicted octanol–water partition coefficient (Wildman–Crippen LogP) is 6.09. The molecular formula is C28H33NO4S. The molecule has 2 N–H and O–H groups in total. The first-order valence-electron chi connectivity index (χ1n) is 12.0. The molecule has 1 heterocycles. The van der Waals surface area contributed by atoms with Gasteiger partial charge in [-0.15, -0.1) is 11.3 Å². The lowest BCUT2D eigenvalue weighted by Gasteiger charge is -2.27. The third-order valence-electron chi connectivity index (χ3n) is 7.10. The number of carbonyl (C=O) groups is 2. The van der Waals surface area contributed by atoms with Gasteiger partial charge in [0.1, 0.15) is 5.75 Å². The summed E-state index contributed by atoms with van der Waals surface area (Å²) in [4.78, 5) is 26.7. The van der Waals surface area contributed by atoms with Crippen LogP contribution in [0.4, 0.5) is 0 Å². The molecule has 0 atom stereocenters. The molecule has 1 aromatic carbocycles. The zero-order valence-electron chi connectivity index (χ0n) is 20.1. The van der Waals surface area contributed by atoms with E-state index >= 15 is 0 Å². The molecule has 2 aromatic rings. The Morgan fingerprint density at radius 3 is 2.50 bits per heavy atom. The fourth-order valence-corrected chi connectivity index (χ4v) is 6.18. The van der Waals surface area contributed by atoms with Gasteiger partial charge in [-0.3, -0.25) is 9.59 Å². The summed E-state index contributed by atoms with van der Waals surface area (Å²) in [6.45, 7) is 4.12. The summed E-state index contributed by atoms with van der Waals surface area (Å²) in [5.74, 6) is -0.146. The maximum atomic E-state index is 13.3. The highest BCUT2D eigenvalue weighted by Gasteiger charge is 2.28. The number of carbonyl (C=O) groups excluding carboxylic acids is 1. The van der Waals surface area contributed by atoms with Crippen LogP contribution in [0.1, 0.15) is 69.8 Å². The molecule has 0 spiro atoms. The van der Waals surface area contributed by atoms with Gasteiger partial charge in [0.2, 0.25) is 0 Å². The molecule has 34 heavy (non-hydrogen) atoms. The van der Waals surface area contributed by atoms with E-state index in [1.807, 2.05) is 19.1 Å². The molecule has 0 saturated heterocycles. The van der Waals surface area contributed by atoms with Crippen molar-refractivity contribution in [1.82, 2.24) is 5.32 Å². The second kappa shape index (κ2) is 10.6. The van der Waals surface area contributed by atoms with Crippen molar-refractivity contribution in [2.24, 2.45) is 5.92 Å². The van der Waals surface area contributed by atoms with Crippen LogP contribution in [-0.2, 0) is 11.2 Å². The maximum absolute atomic E-state index is 13.3. The van der Waals surface area contributed by atoms with E-state index < -0.39 is 5.97 Å². The summed E-state index contributed by atoms with van der Waals surface area (Å²) in [6.07, 6.45) is 9.84. The molecule has 2 aliphatic rings. The highest BCUT2D eigenvalue weighted by atomic mass is 32.1. The Balaban J connectivity index is 1.46. The molecule has 5 nitrogen and oxygen atoms in total. The van der Waals surface area contributed by atoms with Gasteiger partial charge < -0.3 is 15.2 Å². The molecule has 0 aliphatic heterocycles. The molecule has 1 amide bonds. The zero-order valence-corrected chi connectivity index (χ0v) is 21.0. The molecule has 0 bridgehead atoms. The van der Waals surface area contributed by atoms with Crippen LogP contribution in [0, 0.1) is 19.8 Å². The molecule has 180 valence electrons. The molecule has 1 aromatic heterocycles. The van der Waals surface area contributed by atoms with Crippen LogP contribution in [0.5, 0.6) is 5.75 Å². The number of amides is 1. The second-order valence-corrected chi connectivity index (χ2v) is 10.8. The standard InChI is InChI=1S/C28H33NO4S/c1-17-25(15-19-7-9-20(10-8-19)22-5-4-6-24(16-22)33-3)26(18(2)34-17)27(30)29-23-13-11-21(12-14-23)28(31)32/h4-7,9,16,21,23H,8,10-15H2,1-3H3,(H,29,30)(H,31,32). The van der Waals surface area contributed by atoms with E-state index in [0.717, 1.165) is 53.9 Å². The number of ether oxygens (including phenoxy) is 1. The van der Waals surface area contributed by atoms with Gasteiger partial charge in [-0.2, -0.15) is 0 Å². The van der Waals surface area contributed by atoms with E-state index in [1.54, 1.807) is 18.4 Å². The quantitative estimate of drug-likeness (QED) is 0.504. The number of aryl methyl sites for hydroxylation is 2. The summed E-state index contributed by atoms with van der Waals surface area (Å²) in [6, 6.07) is 8.22. The van der Waals surface area contributed by atoms with Gasteiger partial charge in [0.05, 0.1) is 18.6 Å². The number of nitrogens with one attached hydrogen (secondary N) is 1. The van der Waals surface area contributed by atoms with Crippen LogP contribution in [0.2, 0.25) is 0 Å². The van der Waals surface area contributed by atoms with E-state index in [4.69, 9.17) is 4.74 Å². The van der Waals surface area contributed by atoms with Gasteiger partial charge in [-0.25, -0.2) is 0 Å². The monoisotopic (exact) mass is 479 g/mol. The number of thiophene rings is 1. The van der Waals surface area contributed by atoms with Gasteiger partial charge in [0.25, 0.3) is 5.91 Å². The van der Waals surface area contributed by atoms with Crippen LogP contribution in [0.25, 0.3) is 5.57 Å². The number of carboxylic acids is 1. The van der Waals surface area contributed by atoms with Crippen LogP contribution >= 0.6 is 11.3 Å². The SMILES string of the molecule is COc1cccc(C2=CC=C(Cc3c(C)sc(C)c3C(=O)NC3CCC(C(=O)O)CC3)CC2)c1. The third kappa shape index (κ3) is 5.44. The fourth-order valence-electron chi connectivity index (χ4n) is 5.10. The van der Waals surface area contributed by atoms with Crippen molar-refractivity contribution in [3.63, 3.8) is 0 Å². The Bertz CT molecular complexity index is 1140. The van der Waals surface area contributed by atoms with E-state index in [9.17, 15) is 14.7 Å². The number of hydrogen-bond donors (Lipinski definition) is 2. The summed E-state index contributed by atoms with van der Waals surface area (Å²) in [5.41, 5.74) is 5.77. The number of carboxylic acid groups (broad SMARTS) is 1. The number of benzene rings is 1. The smallest absolute Gasteiger partial charge is 0.306 e. The summed E-state index contributed by atoms with van der Waals surface area (Å²) >= 11 is 1.69. The van der Waals surface area contributed by atoms with Crippen LogP contribution in [0.15, 0.2) is 42.0 Å². The molecule has 0 unspecified atom stereocenters. The molecule has 0 radical (unpaired) electrons. The van der Waals surface area contributed by atoms with Crippen molar-refractivity contribution in [3.8, 4) is 5.75 Å². The van der Waals surface area contributed by atoms with Crippen molar-refractivity contribution in [3.05, 3.63) is 68.4 Å². The van der Waals surface area contributed by atoms with Gasteiger partial charge in [0, 0.05) is 15.8 Å². The number of allylic oxidation sites excluding steroid dienone is 4. The first-order chi connectivity index (χ1) is 16.4. The van der Waals surface area contributed by atoms with Gasteiger partial charge in [0.15, 0.2) is 0 Å². The van der Waals surface area contributed by atoms with E-state index in [-0.39, 0.29) is 17.9 Å². The van der Waals surface area contributed by atoms with Crippen molar-refractivity contribution < 1.29 is 19.4 Å². The van der Waals surface area contributed by atoms with Gasteiger partial charge in [-0.1, -0.05) is 29.9 Å². The minimum absolute atomic E-state index is 0.0142. The number of aliphatic carboxylic acids is 1. The van der Waals surface area contributed by atoms with Crippen LogP contribution in [0.3, 0.4) is 0 Å². The molecule has 6 heteroatoms. The average molecular weight is 480 g/mol. The van der Waals surface area contributed by atoms with Crippen molar-refractivity contribution in [2.45, 2.75) is 64.8 Å². The lowest BCUT2D eigenvalue weighted by Crippen LogP contribution is -2.39. The first-order valence-corrected chi connectivity index (χ1v) is 12.8. The Kier molecular flexibility index (Phi) is 7.57. The number of rotatable bonds is 7. The van der Waals surface area contributed by atoms with Crippen molar-refractivity contribution in [2.75, 3.05) is 7.11 Å². The van der Waals surface area contributed by atoms with E-state index in [2.05, 4.69) is 36.5 Å². The normalized spacial score (nSPS) is 20.3. The molecule has 1 saturated carbocycles. The molecular weight excluding hydrogens is 446 g/mol. The van der Waals surface area contributed by atoms with Crippen molar-refractivity contribution in [1.29, 1.82) is 0 Å². The molecule has 4 rings (SSSR count). The van der Waals surface area contributed by atoms with Gasteiger partial charge >= 0.3 is 5.97 Å². The fraction of sp³-hybridized carbons (Fsp3) is 0.429. The second-order valence-electron chi connectivity index (χ2n) is 9.35. The summed E-state index contributed by atoms with van der Waals surface area (Å²) in [5, 5.41) is 12.4. The zero-order chi connectivity index (χ0) is 24.2. The Hall–Kier alpha value is -2.86. The summed E-state index contributed by atoms with van der Waals surface area (Å²) < 4.78 is 5.36. The number of methoxy groups -OCH3 is 1. The maximum Gasteiger partial charge on any atom is 0.306 e. The highest BCUT2D eigenvalue weighted by Crippen LogP contribution is 2.34. The minimum atomic E-state index is -0.722. The van der Waals surface area contributed by atoms with E-state index in [1.165, 1.54) is 21.6 Å². The minimum Gasteiger partial charge on any atom is -0.497 e. The molecule has 1 fully saturated rings. The third-order valence-corrected chi connectivity index (χ3v) is 8.17. The Morgan fingerprint density at radius 2 is 1.85 bits per heavy atom. The largest absolute Gasteiger partial charge is 0.497 e. The van der Waals surface area contributed by atoms with E-state index in [0.29, 0.717) is 12.8 Å². The Labute approximate surface area is 205 Å². The lowest BCUT2D eigenvalue weighted by atomic mass is 9.86. The predicted molar refractivity (Wildman–Crippen MR) is 137 cm³/mol. The highest BCUT2D eigenvalue weighted by molar-refractivity contribution is 7.12. The lowest BCUT2D eigenvalue weighted by molar-refractivity contribution is -0.142. The first kappa shape index (κ1) is 24.3. The molecule has 2 aliphatic carbocycles. The topological polar surface area (TPSA) is 75.6 Å². The number of hydrogen-bond acceptors (Lipinski definition) is 4. The van der Waals surface area contributed by atoms with Gasteiger partial charge in [-0.05, 0) is 87.6 Å².